The van der Waals surface area contributed by atoms with Crippen LogP contribution in [0.2, 0.25) is 0 Å². The third kappa shape index (κ3) is 2.11. The van der Waals surface area contributed by atoms with Gasteiger partial charge in [0.25, 0.3) is 0 Å². The van der Waals surface area contributed by atoms with Crippen molar-refractivity contribution in [3.63, 3.8) is 0 Å². The van der Waals surface area contributed by atoms with Gasteiger partial charge in [-0.2, -0.15) is 5.26 Å². The first-order valence-corrected chi connectivity index (χ1v) is 5.37. The quantitative estimate of drug-likeness (QED) is 0.830. The molecule has 1 aromatic rings. The Hall–Kier alpha value is -0.920. The van der Waals surface area contributed by atoms with Crippen molar-refractivity contribution in [2.24, 2.45) is 0 Å². The predicted octanol–water partition coefficient (Wildman–Crippen LogP) is 2.22. The molecule has 0 bridgehead atoms. The van der Waals surface area contributed by atoms with Crippen molar-refractivity contribution < 1.29 is 0 Å². The van der Waals surface area contributed by atoms with Gasteiger partial charge in [-0.05, 0) is 27.8 Å². The number of rotatable bonds is 3. The second-order valence-corrected chi connectivity index (χ2v) is 4.88. The van der Waals surface area contributed by atoms with Gasteiger partial charge >= 0.3 is 0 Å². The maximum Gasteiger partial charge on any atom is 0.113 e. The van der Waals surface area contributed by atoms with E-state index in [1.165, 1.54) is 4.88 Å². The lowest BCUT2D eigenvalue weighted by atomic mass is 9.97. The van der Waals surface area contributed by atoms with E-state index in [0.29, 0.717) is 6.04 Å². The van der Waals surface area contributed by atoms with E-state index in [1.807, 2.05) is 27.1 Å². The van der Waals surface area contributed by atoms with Gasteiger partial charge in [-0.1, -0.05) is 0 Å². The summed E-state index contributed by atoms with van der Waals surface area (Å²) in [5, 5.41) is 13.0. The van der Waals surface area contributed by atoms with E-state index in [9.17, 15) is 0 Å². The van der Waals surface area contributed by atoms with Crippen molar-refractivity contribution in [2.75, 3.05) is 7.05 Å². The minimum absolute atomic E-state index is 0.302. The van der Waals surface area contributed by atoms with Crippen LogP contribution in [-0.2, 0) is 5.41 Å². The van der Waals surface area contributed by atoms with Crippen molar-refractivity contribution in [3.05, 3.63) is 16.1 Å². The molecule has 1 N–H and O–H groups in total. The molecule has 76 valence electrons. The van der Waals surface area contributed by atoms with Crippen molar-refractivity contribution in [3.8, 4) is 6.07 Å². The summed E-state index contributed by atoms with van der Waals surface area (Å²) in [4.78, 5) is 5.46. The minimum Gasteiger partial charge on any atom is -0.312 e. The van der Waals surface area contributed by atoms with Gasteiger partial charge in [-0.3, -0.25) is 0 Å². The summed E-state index contributed by atoms with van der Waals surface area (Å²) in [6, 6.07) is 2.56. The van der Waals surface area contributed by atoms with Gasteiger partial charge in [0.05, 0.1) is 6.07 Å². The van der Waals surface area contributed by atoms with Crippen molar-refractivity contribution in [1.29, 1.82) is 5.26 Å². The Bertz CT molecular complexity index is 348. The normalized spacial score (nSPS) is 13.6. The SMILES string of the molecule is CNC(C)c1cnc(C(C)(C)C#N)s1. The van der Waals surface area contributed by atoms with Crippen molar-refractivity contribution in [1.82, 2.24) is 10.3 Å². The summed E-state index contributed by atoms with van der Waals surface area (Å²) in [5.41, 5.74) is -0.476. The predicted molar refractivity (Wildman–Crippen MR) is 58.2 cm³/mol. The summed E-state index contributed by atoms with van der Waals surface area (Å²) in [7, 11) is 1.92. The van der Waals surface area contributed by atoms with Crippen LogP contribution in [0.1, 0.15) is 36.7 Å². The first-order valence-electron chi connectivity index (χ1n) is 4.56. The Morgan fingerprint density at radius 3 is 2.79 bits per heavy atom. The van der Waals surface area contributed by atoms with Crippen LogP contribution in [0.3, 0.4) is 0 Å². The molecule has 1 unspecified atom stereocenters. The third-order valence-electron chi connectivity index (χ3n) is 2.20. The minimum atomic E-state index is -0.476. The van der Waals surface area contributed by atoms with Crippen LogP contribution in [0.15, 0.2) is 6.20 Å². The first kappa shape index (κ1) is 11.2. The summed E-state index contributed by atoms with van der Waals surface area (Å²) < 4.78 is 0. The van der Waals surface area contributed by atoms with Crippen LogP contribution in [0.4, 0.5) is 0 Å². The lowest BCUT2D eigenvalue weighted by Crippen LogP contribution is -2.13. The molecule has 0 aliphatic heterocycles. The molecule has 0 aliphatic rings. The van der Waals surface area contributed by atoms with E-state index in [0.717, 1.165) is 5.01 Å². The Morgan fingerprint density at radius 2 is 2.29 bits per heavy atom. The molecule has 1 atom stereocenters. The number of nitriles is 1. The number of nitrogens with zero attached hydrogens (tertiary/aromatic N) is 2. The molecule has 0 spiro atoms. The van der Waals surface area contributed by atoms with Gasteiger partial charge in [0.2, 0.25) is 0 Å². The summed E-state index contributed by atoms with van der Waals surface area (Å²) in [6.45, 7) is 5.86. The van der Waals surface area contributed by atoms with Gasteiger partial charge in [0, 0.05) is 17.1 Å². The number of hydrogen-bond donors (Lipinski definition) is 1. The Labute approximate surface area is 88.8 Å². The molecular weight excluding hydrogens is 194 g/mol. The number of aromatic nitrogens is 1. The lowest BCUT2D eigenvalue weighted by molar-refractivity contribution is 0.662. The van der Waals surface area contributed by atoms with Crippen LogP contribution in [0.5, 0.6) is 0 Å². The highest BCUT2D eigenvalue weighted by molar-refractivity contribution is 7.11. The van der Waals surface area contributed by atoms with Gasteiger partial charge in [0.1, 0.15) is 10.4 Å². The van der Waals surface area contributed by atoms with Crippen LogP contribution in [0, 0.1) is 11.3 Å². The molecular formula is C10H15N3S. The van der Waals surface area contributed by atoms with E-state index in [1.54, 1.807) is 11.3 Å². The van der Waals surface area contributed by atoms with Crippen LogP contribution in [-0.4, -0.2) is 12.0 Å². The van der Waals surface area contributed by atoms with E-state index >= 15 is 0 Å². The summed E-state index contributed by atoms with van der Waals surface area (Å²) >= 11 is 1.60. The zero-order valence-corrected chi connectivity index (χ0v) is 9.77. The molecule has 0 amide bonds. The zero-order chi connectivity index (χ0) is 10.8. The Morgan fingerprint density at radius 1 is 1.64 bits per heavy atom. The van der Waals surface area contributed by atoms with Gasteiger partial charge in [-0.15, -0.1) is 11.3 Å². The summed E-state index contributed by atoms with van der Waals surface area (Å²) in [6.07, 6.45) is 1.85. The van der Waals surface area contributed by atoms with Crippen LogP contribution < -0.4 is 5.32 Å². The second-order valence-electron chi connectivity index (χ2n) is 3.81. The monoisotopic (exact) mass is 209 g/mol. The van der Waals surface area contributed by atoms with Crippen LogP contribution >= 0.6 is 11.3 Å². The topological polar surface area (TPSA) is 48.7 Å². The Kier molecular flexibility index (Phi) is 3.25. The fraction of sp³-hybridized carbons (Fsp3) is 0.600. The fourth-order valence-corrected chi connectivity index (χ4v) is 2.00. The smallest absolute Gasteiger partial charge is 0.113 e. The van der Waals surface area contributed by atoms with Crippen molar-refractivity contribution >= 4 is 11.3 Å². The maximum absolute atomic E-state index is 8.95. The van der Waals surface area contributed by atoms with E-state index in [-0.39, 0.29) is 0 Å². The second kappa shape index (κ2) is 4.07. The zero-order valence-electron chi connectivity index (χ0n) is 8.96. The highest BCUT2D eigenvalue weighted by Crippen LogP contribution is 2.29. The van der Waals surface area contributed by atoms with Crippen molar-refractivity contribution in [2.45, 2.75) is 32.2 Å². The number of hydrogen-bond acceptors (Lipinski definition) is 4. The first-order chi connectivity index (χ1) is 6.51. The molecule has 4 heteroatoms. The average Bonchev–Trinajstić information content (AvgIpc) is 2.66. The molecule has 0 aromatic carbocycles. The molecule has 1 rings (SSSR count). The average molecular weight is 209 g/mol. The highest BCUT2D eigenvalue weighted by Gasteiger charge is 2.24. The Balaban J connectivity index is 2.95. The number of nitrogens with one attached hydrogen (secondary N) is 1. The number of thiazole rings is 1. The van der Waals surface area contributed by atoms with E-state index in [2.05, 4.69) is 23.3 Å². The van der Waals surface area contributed by atoms with Gasteiger partial charge in [-0.25, -0.2) is 4.98 Å². The molecule has 3 nitrogen and oxygen atoms in total. The molecule has 0 aliphatic carbocycles. The molecule has 1 aromatic heterocycles. The molecule has 0 saturated heterocycles. The highest BCUT2D eigenvalue weighted by atomic mass is 32.1. The van der Waals surface area contributed by atoms with E-state index < -0.39 is 5.41 Å². The summed E-state index contributed by atoms with van der Waals surface area (Å²) in [5.74, 6) is 0. The molecule has 0 radical (unpaired) electrons. The molecule has 0 fully saturated rings. The maximum atomic E-state index is 8.95. The largest absolute Gasteiger partial charge is 0.312 e. The fourth-order valence-electron chi connectivity index (χ4n) is 0.966. The van der Waals surface area contributed by atoms with E-state index in [4.69, 9.17) is 5.26 Å². The molecule has 14 heavy (non-hydrogen) atoms. The van der Waals surface area contributed by atoms with Gasteiger partial charge < -0.3 is 5.32 Å². The van der Waals surface area contributed by atoms with Gasteiger partial charge in [0.15, 0.2) is 0 Å². The molecule has 0 saturated carbocycles. The van der Waals surface area contributed by atoms with Crippen LogP contribution in [0.25, 0.3) is 0 Å². The standard InChI is InChI=1S/C10H15N3S/c1-7(12-4)8-5-13-9(14-8)10(2,3)6-11/h5,7,12H,1-4H3. The lowest BCUT2D eigenvalue weighted by Gasteiger charge is -2.10. The third-order valence-corrected chi connectivity index (χ3v) is 3.70. The molecule has 1 heterocycles.